The Balaban J connectivity index is 1.46. The van der Waals surface area contributed by atoms with Crippen LogP contribution in [0, 0.1) is 12.8 Å². The average Bonchev–Trinajstić information content (AvgIpc) is 3.19. The summed E-state index contributed by atoms with van der Waals surface area (Å²) in [5.74, 6) is 0.621. The van der Waals surface area contributed by atoms with Crippen molar-refractivity contribution in [2.45, 2.75) is 38.7 Å². The van der Waals surface area contributed by atoms with Gasteiger partial charge >= 0.3 is 0 Å². The van der Waals surface area contributed by atoms with E-state index in [9.17, 15) is 4.79 Å². The predicted octanol–water partition coefficient (Wildman–Crippen LogP) is 3.16. The maximum atomic E-state index is 12.0. The molecule has 0 aromatic heterocycles. The lowest BCUT2D eigenvalue weighted by Gasteiger charge is -2.21. The van der Waals surface area contributed by atoms with Gasteiger partial charge in [-0.3, -0.25) is 4.79 Å². The molecule has 0 spiro atoms. The summed E-state index contributed by atoms with van der Waals surface area (Å²) in [5.41, 5.74) is 2.46. The number of ether oxygens (including phenoxy) is 1. The predicted molar refractivity (Wildman–Crippen MR) is 93.1 cm³/mol. The van der Waals surface area contributed by atoms with Crippen molar-refractivity contribution in [3.63, 3.8) is 0 Å². The number of hydrogen-bond donors (Lipinski definition) is 1. The number of hydrogen-bond acceptors (Lipinski definition) is 3. The molecule has 1 aromatic carbocycles. The van der Waals surface area contributed by atoms with Crippen molar-refractivity contribution in [1.29, 1.82) is 0 Å². The number of halogens is 1. The molecular weight excluding hydrogens is 312 g/mol. The monoisotopic (exact) mass is 336 g/mol. The molecular formula is C18H25ClN2O2. The number of amides is 1. The Morgan fingerprint density at radius 1 is 1.43 bits per heavy atom. The van der Waals surface area contributed by atoms with Crippen LogP contribution in [0.4, 0.5) is 5.69 Å². The van der Waals surface area contributed by atoms with Gasteiger partial charge in [0.2, 0.25) is 5.91 Å². The van der Waals surface area contributed by atoms with E-state index in [1.165, 1.54) is 11.3 Å². The highest BCUT2D eigenvalue weighted by atomic mass is 35.5. The third-order valence-corrected chi connectivity index (χ3v) is 5.06. The van der Waals surface area contributed by atoms with Gasteiger partial charge in [-0.1, -0.05) is 17.7 Å². The van der Waals surface area contributed by atoms with Gasteiger partial charge in [0.15, 0.2) is 0 Å². The van der Waals surface area contributed by atoms with Crippen LogP contribution in [-0.4, -0.2) is 38.3 Å². The molecule has 0 radical (unpaired) electrons. The van der Waals surface area contributed by atoms with Gasteiger partial charge in [0.05, 0.1) is 12.5 Å². The molecule has 1 aromatic rings. The summed E-state index contributed by atoms with van der Waals surface area (Å²) >= 11 is 6.12. The van der Waals surface area contributed by atoms with Crippen molar-refractivity contribution < 1.29 is 9.53 Å². The number of carbonyl (C=O) groups excluding carboxylic acids is 1. The number of carbonyl (C=O) groups is 1. The van der Waals surface area contributed by atoms with Gasteiger partial charge in [0.25, 0.3) is 0 Å². The summed E-state index contributed by atoms with van der Waals surface area (Å²) in [6.07, 6.45) is 3.83. The third-order valence-electron chi connectivity index (χ3n) is 4.82. The molecule has 4 nitrogen and oxygen atoms in total. The molecule has 2 fully saturated rings. The number of rotatable bonds is 5. The summed E-state index contributed by atoms with van der Waals surface area (Å²) in [4.78, 5) is 14.4. The zero-order valence-corrected chi connectivity index (χ0v) is 14.4. The first-order valence-corrected chi connectivity index (χ1v) is 8.89. The SMILES string of the molecule is Cc1ccc(Cl)cc1N1CC[C@H](CNC(=O)C[C@@H]2CCCO2)C1. The second-order valence-corrected chi connectivity index (χ2v) is 7.11. The van der Waals surface area contributed by atoms with Gasteiger partial charge in [-0.15, -0.1) is 0 Å². The molecule has 2 saturated heterocycles. The van der Waals surface area contributed by atoms with Crippen LogP contribution in [0.5, 0.6) is 0 Å². The minimum absolute atomic E-state index is 0.120. The Bertz CT molecular complexity index is 558. The van der Waals surface area contributed by atoms with Crippen molar-refractivity contribution in [3.05, 3.63) is 28.8 Å². The highest BCUT2D eigenvalue weighted by Gasteiger charge is 2.25. The lowest BCUT2D eigenvalue weighted by molar-refractivity contribution is -0.123. The average molecular weight is 337 g/mol. The largest absolute Gasteiger partial charge is 0.378 e. The van der Waals surface area contributed by atoms with Crippen LogP contribution < -0.4 is 10.2 Å². The molecule has 0 unspecified atom stereocenters. The minimum atomic E-state index is 0.120. The van der Waals surface area contributed by atoms with E-state index < -0.39 is 0 Å². The van der Waals surface area contributed by atoms with E-state index in [-0.39, 0.29) is 12.0 Å². The molecule has 0 aliphatic carbocycles. The minimum Gasteiger partial charge on any atom is -0.378 e. The fraction of sp³-hybridized carbons (Fsp3) is 0.611. The van der Waals surface area contributed by atoms with Gasteiger partial charge < -0.3 is 15.0 Å². The second-order valence-electron chi connectivity index (χ2n) is 6.67. The first-order valence-electron chi connectivity index (χ1n) is 8.51. The van der Waals surface area contributed by atoms with Crippen molar-refractivity contribution in [2.75, 3.05) is 31.1 Å². The maximum absolute atomic E-state index is 12.0. The lowest BCUT2D eigenvalue weighted by Crippen LogP contribution is -2.33. The van der Waals surface area contributed by atoms with E-state index in [2.05, 4.69) is 23.2 Å². The summed E-state index contributed by atoms with van der Waals surface area (Å²) in [5, 5.41) is 3.85. The molecule has 2 aliphatic heterocycles. The topological polar surface area (TPSA) is 41.6 Å². The van der Waals surface area contributed by atoms with Gasteiger partial charge in [0, 0.05) is 37.0 Å². The van der Waals surface area contributed by atoms with Crippen molar-refractivity contribution in [3.8, 4) is 0 Å². The second kappa shape index (κ2) is 7.54. The summed E-state index contributed by atoms with van der Waals surface area (Å²) in [6.45, 7) is 5.66. The zero-order valence-electron chi connectivity index (χ0n) is 13.7. The standard InChI is InChI=1S/C18H25ClN2O2/c1-13-4-5-15(19)9-17(13)21-7-6-14(12-21)11-20-18(22)10-16-3-2-8-23-16/h4-5,9,14,16H,2-3,6-8,10-12H2,1H3,(H,20,22)/t14-,16+/m1/s1. The van der Waals surface area contributed by atoms with Crippen molar-refractivity contribution in [1.82, 2.24) is 5.32 Å². The number of benzene rings is 1. The van der Waals surface area contributed by atoms with E-state index in [0.717, 1.165) is 50.5 Å². The molecule has 23 heavy (non-hydrogen) atoms. The molecule has 0 saturated carbocycles. The fourth-order valence-electron chi connectivity index (χ4n) is 3.48. The molecule has 126 valence electrons. The Morgan fingerprint density at radius 3 is 3.09 bits per heavy atom. The molecule has 5 heteroatoms. The Morgan fingerprint density at radius 2 is 2.30 bits per heavy atom. The van der Waals surface area contributed by atoms with Crippen LogP contribution in [0.3, 0.4) is 0 Å². The van der Waals surface area contributed by atoms with E-state index in [1.807, 2.05) is 12.1 Å². The first kappa shape index (κ1) is 16.6. The molecule has 1 amide bonds. The smallest absolute Gasteiger partial charge is 0.222 e. The molecule has 0 bridgehead atoms. The van der Waals surface area contributed by atoms with Crippen LogP contribution in [0.2, 0.25) is 5.02 Å². The van der Waals surface area contributed by atoms with Crippen LogP contribution >= 0.6 is 11.6 Å². The lowest BCUT2D eigenvalue weighted by atomic mass is 10.1. The Hall–Kier alpha value is -1.26. The third kappa shape index (κ3) is 4.39. The highest BCUT2D eigenvalue weighted by Crippen LogP contribution is 2.29. The summed E-state index contributed by atoms with van der Waals surface area (Å²) in [7, 11) is 0. The zero-order chi connectivity index (χ0) is 16.2. The first-order chi connectivity index (χ1) is 11.1. The van der Waals surface area contributed by atoms with Gasteiger partial charge in [-0.2, -0.15) is 0 Å². The van der Waals surface area contributed by atoms with Gasteiger partial charge in [-0.05, 0) is 49.8 Å². The molecule has 3 rings (SSSR count). The Kier molecular flexibility index (Phi) is 5.44. The maximum Gasteiger partial charge on any atom is 0.222 e. The quantitative estimate of drug-likeness (QED) is 0.898. The van der Waals surface area contributed by atoms with Crippen molar-refractivity contribution >= 4 is 23.2 Å². The van der Waals surface area contributed by atoms with Crippen LogP contribution in [0.1, 0.15) is 31.2 Å². The van der Waals surface area contributed by atoms with Gasteiger partial charge in [0.1, 0.15) is 0 Å². The van der Waals surface area contributed by atoms with E-state index in [0.29, 0.717) is 12.3 Å². The Labute approximate surface area is 143 Å². The number of anilines is 1. The molecule has 2 atom stereocenters. The van der Waals surface area contributed by atoms with Crippen molar-refractivity contribution in [2.24, 2.45) is 5.92 Å². The van der Waals surface area contributed by atoms with Crippen LogP contribution in [0.15, 0.2) is 18.2 Å². The molecule has 1 N–H and O–H groups in total. The normalized spacial score (nSPS) is 24.2. The summed E-state index contributed by atoms with van der Waals surface area (Å²) in [6, 6.07) is 6.03. The highest BCUT2D eigenvalue weighted by molar-refractivity contribution is 6.30. The number of nitrogens with one attached hydrogen (secondary N) is 1. The van der Waals surface area contributed by atoms with Crippen LogP contribution in [0.25, 0.3) is 0 Å². The molecule has 2 aliphatic rings. The van der Waals surface area contributed by atoms with E-state index in [1.54, 1.807) is 0 Å². The van der Waals surface area contributed by atoms with E-state index in [4.69, 9.17) is 16.3 Å². The number of aryl methyl sites for hydroxylation is 1. The molecule has 2 heterocycles. The van der Waals surface area contributed by atoms with Crippen LogP contribution in [-0.2, 0) is 9.53 Å². The fourth-order valence-corrected chi connectivity index (χ4v) is 3.65. The number of nitrogens with zero attached hydrogens (tertiary/aromatic N) is 1. The summed E-state index contributed by atoms with van der Waals surface area (Å²) < 4.78 is 5.51. The van der Waals surface area contributed by atoms with E-state index >= 15 is 0 Å². The van der Waals surface area contributed by atoms with Gasteiger partial charge in [-0.25, -0.2) is 0 Å².